The number of allylic oxidation sites excluding steroid dienone is 5. The van der Waals surface area contributed by atoms with E-state index in [0.29, 0.717) is 11.8 Å². The Morgan fingerprint density at radius 1 is 1.18 bits per heavy atom. The Morgan fingerprint density at radius 3 is 2.76 bits per heavy atom. The van der Waals surface area contributed by atoms with Crippen LogP contribution in [0.4, 0.5) is 0 Å². The number of nitrogens with zero attached hydrogens (tertiary/aromatic N) is 2. The molecule has 5 nitrogen and oxygen atoms in total. The molecular formula is C28H40N4O. The van der Waals surface area contributed by atoms with Crippen LogP contribution in [0.5, 0.6) is 0 Å². The van der Waals surface area contributed by atoms with Gasteiger partial charge in [-0.05, 0) is 48.6 Å². The molecule has 178 valence electrons. The molecule has 1 fully saturated rings. The van der Waals surface area contributed by atoms with Crippen LogP contribution in [0.1, 0.15) is 34.1 Å². The van der Waals surface area contributed by atoms with Gasteiger partial charge in [0.15, 0.2) is 0 Å². The Bertz CT molecular complexity index is 1000. The van der Waals surface area contributed by atoms with E-state index in [2.05, 4.69) is 109 Å². The van der Waals surface area contributed by atoms with E-state index >= 15 is 0 Å². The molecule has 3 unspecified atom stereocenters. The summed E-state index contributed by atoms with van der Waals surface area (Å²) in [7, 11) is 0. The molecule has 5 heteroatoms. The Balaban J connectivity index is 1.45. The van der Waals surface area contributed by atoms with Crippen LogP contribution in [-0.4, -0.2) is 54.5 Å². The number of morpholine rings is 1. The van der Waals surface area contributed by atoms with Crippen LogP contribution in [0.15, 0.2) is 65.5 Å². The van der Waals surface area contributed by atoms with Gasteiger partial charge in [0.1, 0.15) is 0 Å². The van der Waals surface area contributed by atoms with Crippen LogP contribution >= 0.6 is 0 Å². The third-order valence-electron chi connectivity index (χ3n) is 6.09. The lowest BCUT2D eigenvalue weighted by molar-refractivity contribution is 0.0426. The van der Waals surface area contributed by atoms with Crippen molar-refractivity contribution in [3.05, 3.63) is 70.9 Å². The fourth-order valence-corrected chi connectivity index (χ4v) is 3.98. The SMILES string of the molecule is C/C=c1/cc[nH]/c1=C/C(C)/C=C/C1CC(/C=C/C(C)/C=C\C(=C/C)CN2CCOCC2)=NN1. The molecule has 2 aliphatic heterocycles. The molecule has 0 bridgehead atoms. The van der Waals surface area contributed by atoms with E-state index < -0.39 is 0 Å². The van der Waals surface area contributed by atoms with Gasteiger partial charge in [0.05, 0.1) is 25.0 Å². The number of nitrogens with one attached hydrogen (secondary N) is 2. The number of aromatic amines is 1. The summed E-state index contributed by atoms with van der Waals surface area (Å²) in [6.45, 7) is 13.3. The number of ether oxygens (including phenoxy) is 1. The van der Waals surface area contributed by atoms with Gasteiger partial charge in [-0.3, -0.25) is 4.90 Å². The Kier molecular flexibility index (Phi) is 9.98. The van der Waals surface area contributed by atoms with Crippen molar-refractivity contribution in [2.24, 2.45) is 16.9 Å². The largest absolute Gasteiger partial charge is 0.379 e. The van der Waals surface area contributed by atoms with E-state index in [1.54, 1.807) is 0 Å². The van der Waals surface area contributed by atoms with Crippen molar-refractivity contribution in [2.75, 3.05) is 32.8 Å². The maximum atomic E-state index is 5.44. The van der Waals surface area contributed by atoms with E-state index in [1.807, 2.05) is 6.20 Å². The molecule has 0 radical (unpaired) electrons. The predicted molar refractivity (Wildman–Crippen MR) is 140 cm³/mol. The second-order valence-corrected chi connectivity index (χ2v) is 8.92. The minimum absolute atomic E-state index is 0.260. The highest BCUT2D eigenvalue weighted by molar-refractivity contribution is 5.96. The molecular weight excluding hydrogens is 408 g/mol. The van der Waals surface area contributed by atoms with E-state index in [4.69, 9.17) is 4.74 Å². The summed E-state index contributed by atoms with van der Waals surface area (Å²) in [6, 6.07) is 2.36. The van der Waals surface area contributed by atoms with Gasteiger partial charge in [-0.25, -0.2) is 0 Å². The van der Waals surface area contributed by atoms with Crippen LogP contribution in [0.3, 0.4) is 0 Å². The molecule has 0 amide bonds. The highest BCUT2D eigenvalue weighted by Crippen LogP contribution is 2.11. The Labute approximate surface area is 199 Å². The molecule has 0 spiro atoms. The standard InChI is InChI=1S/C28H40N4O/c1-5-24(21-32-15-17-33-18-16-32)10-7-22(3)8-11-26-20-27(31-30-26)12-9-23(4)19-28-25(6-2)13-14-29-28/h5-14,19,22-23,27,29,31H,15-18,20-21H2,1-4H3/b10-7-,11-8+,12-9+,24-5+,25-6-,28-19+. The van der Waals surface area contributed by atoms with Gasteiger partial charge in [0.2, 0.25) is 0 Å². The summed E-state index contributed by atoms with van der Waals surface area (Å²) in [5.41, 5.74) is 5.71. The zero-order valence-corrected chi connectivity index (χ0v) is 20.6. The van der Waals surface area contributed by atoms with Crippen LogP contribution in [-0.2, 0) is 4.74 Å². The number of hydrogen-bond acceptors (Lipinski definition) is 4. The molecule has 3 heterocycles. The fourth-order valence-electron chi connectivity index (χ4n) is 3.98. The summed E-state index contributed by atoms with van der Waals surface area (Å²) in [6.07, 6.45) is 22.9. The summed E-state index contributed by atoms with van der Waals surface area (Å²) in [5, 5.41) is 6.94. The third kappa shape index (κ3) is 8.34. The maximum absolute atomic E-state index is 5.44. The topological polar surface area (TPSA) is 52.7 Å². The molecule has 2 N–H and O–H groups in total. The minimum Gasteiger partial charge on any atom is -0.379 e. The second-order valence-electron chi connectivity index (χ2n) is 8.92. The minimum atomic E-state index is 0.260. The van der Waals surface area contributed by atoms with Crippen molar-refractivity contribution < 1.29 is 4.74 Å². The monoisotopic (exact) mass is 448 g/mol. The van der Waals surface area contributed by atoms with Gasteiger partial charge in [-0.15, -0.1) is 0 Å². The van der Waals surface area contributed by atoms with Gasteiger partial charge >= 0.3 is 0 Å². The predicted octanol–water partition coefficient (Wildman–Crippen LogP) is 3.53. The summed E-state index contributed by atoms with van der Waals surface area (Å²) < 4.78 is 5.44. The molecule has 0 aliphatic carbocycles. The second kappa shape index (κ2) is 13.2. The lowest BCUT2D eigenvalue weighted by atomic mass is 10.0. The first-order valence-electron chi connectivity index (χ1n) is 12.2. The van der Waals surface area contributed by atoms with E-state index in [-0.39, 0.29) is 6.04 Å². The molecule has 33 heavy (non-hydrogen) atoms. The zero-order chi connectivity index (χ0) is 23.5. The van der Waals surface area contributed by atoms with Crippen molar-refractivity contribution >= 4 is 17.9 Å². The first-order valence-corrected chi connectivity index (χ1v) is 12.2. The van der Waals surface area contributed by atoms with Crippen LogP contribution in [0.25, 0.3) is 12.2 Å². The van der Waals surface area contributed by atoms with Crippen molar-refractivity contribution in [1.82, 2.24) is 15.3 Å². The van der Waals surface area contributed by atoms with Gasteiger partial charge in [0, 0.05) is 37.6 Å². The summed E-state index contributed by atoms with van der Waals surface area (Å²) in [5.74, 6) is 0.717. The number of rotatable bonds is 9. The molecule has 1 aromatic heterocycles. The van der Waals surface area contributed by atoms with Crippen LogP contribution < -0.4 is 16.0 Å². The van der Waals surface area contributed by atoms with Crippen LogP contribution in [0.2, 0.25) is 0 Å². The Hall–Kier alpha value is -2.63. The summed E-state index contributed by atoms with van der Waals surface area (Å²) in [4.78, 5) is 5.76. The quantitative estimate of drug-likeness (QED) is 0.449. The number of H-pyrrole nitrogens is 1. The van der Waals surface area contributed by atoms with Gasteiger partial charge in [0.25, 0.3) is 0 Å². The highest BCUT2D eigenvalue weighted by Gasteiger charge is 2.14. The molecule has 0 saturated carbocycles. The zero-order valence-electron chi connectivity index (χ0n) is 20.6. The lowest BCUT2D eigenvalue weighted by Gasteiger charge is -2.26. The smallest absolute Gasteiger partial charge is 0.0676 e. The molecule has 2 aliphatic rings. The van der Waals surface area contributed by atoms with Gasteiger partial charge in [-0.1, -0.05) is 62.5 Å². The average molecular weight is 449 g/mol. The molecule has 1 aromatic rings. The number of hydrogen-bond donors (Lipinski definition) is 2. The molecule has 1 saturated heterocycles. The van der Waals surface area contributed by atoms with E-state index in [9.17, 15) is 0 Å². The van der Waals surface area contributed by atoms with Gasteiger partial charge < -0.3 is 15.1 Å². The van der Waals surface area contributed by atoms with Crippen molar-refractivity contribution in [1.29, 1.82) is 0 Å². The van der Waals surface area contributed by atoms with Crippen molar-refractivity contribution in [3.63, 3.8) is 0 Å². The molecule has 3 rings (SSSR count). The normalized spacial score (nSPS) is 23.7. The number of aromatic nitrogens is 1. The molecule has 0 aromatic carbocycles. The average Bonchev–Trinajstić information content (AvgIpc) is 3.48. The first-order chi connectivity index (χ1) is 16.1. The number of hydrazone groups is 1. The van der Waals surface area contributed by atoms with Crippen molar-refractivity contribution in [3.8, 4) is 0 Å². The lowest BCUT2D eigenvalue weighted by Crippen LogP contribution is -2.37. The van der Waals surface area contributed by atoms with Gasteiger partial charge in [-0.2, -0.15) is 5.10 Å². The Morgan fingerprint density at radius 2 is 2.00 bits per heavy atom. The molecule has 3 atom stereocenters. The fraction of sp³-hybridized carbons (Fsp3) is 0.464. The third-order valence-corrected chi connectivity index (χ3v) is 6.09. The van der Waals surface area contributed by atoms with Crippen molar-refractivity contribution in [2.45, 2.75) is 40.2 Å². The first kappa shape index (κ1) is 25.0. The van der Waals surface area contributed by atoms with Crippen LogP contribution in [0, 0.1) is 11.8 Å². The maximum Gasteiger partial charge on any atom is 0.0676 e. The van der Waals surface area contributed by atoms with E-state index in [0.717, 1.165) is 45.0 Å². The summed E-state index contributed by atoms with van der Waals surface area (Å²) >= 11 is 0. The van der Waals surface area contributed by atoms with E-state index in [1.165, 1.54) is 16.1 Å². The highest BCUT2D eigenvalue weighted by atomic mass is 16.5.